The summed E-state index contributed by atoms with van der Waals surface area (Å²) in [5.41, 5.74) is 5.98. The number of hydrogen-bond donors (Lipinski definition) is 0. The zero-order valence-corrected chi connectivity index (χ0v) is 28.9. The van der Waals surface area contributed by atoms with E-state index in [2.05, 4.69) is 181 Å². The topological polar surface area (TPSA) is 3.24 Å². The summed E-state index contributed by atoms with van der Waals surface area (Å²) in [5, 5.41) is 18.1. The van der Waals surface area contributed by atoms with E-state index in [-0.39, 0.29) is 0 Å². The van der Waals surface area contributed by atoms with E-state index < -0.39 is 0 Å². The lowest BCUT2D eigenvalue weighted by Gasteiger charge is -2.30. The maximum absolute atomic E-state index is 2.52. The van der Waals surface area contributed by atoms with Gasteiger partial charge in [0.05, 0.1) is 11.4 Å². The molecule has 240 valence electrons. The highest BCUT2D eigenvalue weighted by molar-refractivity contribution is 7.26. The van der Waals surface area contributed by atoms with Crippen LogP contribution in [-0.4, -0.2) is 0 Å². The lowest BCUT2D eigenvalue weighted by atomic mass is 9.91. The lowest BCUT2D eigenvalue weighted by molar-refractivity contribution is 1.32. The fourth-order valence-corrected chi connectivity index (χ4v) is 10.3. The van der Waals surface area contributed by atoms with Crippen molar-refractivity contribution in [3.05, 3.63) is 176 Å². The molecule has 1 heterocycles. The van der Waals surface area contributed by atoms with Crippen LogP contribution in [0.2, 0.25) is 0 Å². The number of benzene rings is 11. The van der Waals surface area contributed by atoms with Crippen LogP contribution in [0.1, 0.15) is 0 Å². The summed E-state index contributed by atoms with van der Waals surface area (Å²) < 4.78 is 2.66. The Morgan fingerprint density at radius 3 is 1.48 bits per heavy atom. The average molecular weight is 676 g/mol. The summed E-state index contributed by atoms with van der Waals surface area (Å²) in [6.07, 6.45) is 0. The molecule has 11 aromatic carbocycles. The van der Waals surface area contributed by atoms with E-state index in [9.17, 15) is 0 Å². The Labute approximate surface area is 303 Å². The van der Waals surface area contributed by atoms with Crippen LogP contribution < -0.4 is 4.90 Å². The molecule has 0 N–H and O–H groups in total. The fraction of sp³-hybridized carbons (Fsp3) is 0. The highest BCUT2D eigenvalue weighted by atomic mass is 32.1. The molecule has 1 nitrogen and oxygen atoms in total. The predicted octanol–water partition coefficient (Wildman–Crippen LogP) is 15.0. The molecule has 1 aromatic heterocycles. The van der Waals surface area contributed by atoms with E-state index in [0.717, 1.165) is 5.69 Å². The smallest absolute Gasteiger partial charge is 0.0540 e. The van der Waals surface area contributed by atoms with E-state index >= 15 is 0 Å². The normalized spacial score (nSPS) is 12.2. The van der Waals surface area contributed by atoms with E-state index in [1.165, 1.54) is 107 Å². The van der Waals surface area contributed by atoms with E-state index in [0.29, 0.717) is 0 Å². The van der Waals surface area contributed by atoms with Gasteiger partial charge in [0.25, 0.3) is 0 Å². The zero-order chi connectivity index (χ0) is 33.9. The minimum Gasteiger partial charge on any atom is -0.309 e. The van der Waals surface area contributed by atoms with Gasteiger partial charge in [-0.25, -0.2) is 0 Å². The van der Waals surface area contributed by atoms with Crippen molar-refractivity contribution < 1.29 is 0 Å². The summed E-state index contributed by atoms with van der Waals surface area (Å²) in [7, 11) is 0. The lowest BCUT2D eigenvalue weighted by Crippen LogP contribution is -2.11. The van der Waals surface area contributed by atoms with Crippen LogP contribution in [-0.2, 0) is 0 Å². The molecule has 12 aromatic rings. The van der Waals surface area contributed by atoms with Gasteiger partial charge >= 0.3 is 0 Å². The Bertz CT molecular complexity index is 3190. The molecule has 12 rings (SSSR count). The Balaban J connectivity index is 1.17. The molecule has 52 heavy (non-hydrogen) atoms. The summed E-state index contributed by atoms with van der Waals surface area (Å²) in [4.78, 5) is 2.52. The van der Waals surface area contributed by atoms with Gasteiger partial charge in [0, 0.05) is 36.6 Å². The molecule has 0 fully saturated rings. The Hall–Kier alpha value is -6.48. The molecule has 0 atom stereocenters. The molecular formula is C50H29NS. The van der Waals surface area contributed by atoms with Gasteiger partial charge in [0.2, 0.25) is 0 Å². The number of fused-ring (bicyclic) bond motifs is 3. The number of rotatable bonds is 4. The van der Waals surface area contributed by atoms with Crippen molar-refractivity contribution in [2.24, 2.45) is 0 Å². The first-order chi connectivity index (χ1) is 25.8. The van der Waals surface area contributed by atoms with Crippen molar-refractivity contribution in [1.82, 2.24) is 0 Å². The summed E-state index contributed by atoms with van der Waals surface area (Å²) in [5.74, 6) is 0. The largest absolute Gasteiger partial charge is 0.309 e. The van der Waals surface area contributed by atoms with Gasteiger partial charge in [-0.15, -0.1) is 11.3 Å². The van der Waals surface area contributed by atoms with Crippen LogP contribution in [0.4, 0.5) is 17.1 Å². The van der Waals surface area contributed by atoms with Gasteiger partial charge in [-0.1, -0.05) is 146 Å². The predicted molar refractivity (Wildman–Crippen MR) is 227 cm³/mol. The monoisotopic (exact) mass is 675 g/mol. The van der Waals surface area contributed by atoms with Crippen molar-refractivity contribution >= 4 is 113 Å². The van der Waals surface area contributed by atoms with E-state index in [1.807, 2.05) is 11.3 Å². The zero-order valence-electron chi connectivity index (χ0n) is 28.1. The number of anilines is 3. The average Bonchev–Trinajstić information content (AvgIpc) is 3.59. The Kier molecular flexibility index (Phi) is 5.71. The van der Waals surface area contributed by atoms with Crippen LogP contribution in [0, 0.1) is 0 Å². The highest BCUT2D eigenvalue weighted by Gasteiger charge is 2.22. The molecule has 0 aliphatic carbocycles. The van der Waals surface area contributed by atoms with Crippen molar-refractivity contribution in [2.45, 2.75) is 0 Å². The van der Waals surface area contributed by atoms with Gasteiger partial charge in [-0.05, 0) is 95.3 Å². The first-order valence-electron chi connectivity index (χ1n) is 17.9. The standard InChI is InChI=1S/C50H29NS/c1-2-16-45-39(13-1)40-15-6-14-38(50(40)52-45)36-11-5-12-37(29-36)51(43-27-23-34-19-17-30-7-3-9-32-21-25-41(43)48(34)46(30)32)44-28-24-35-20-18-31-8-4-10-33-22-26-42(44)49(35)47(31)33/h1-29H. The maximum atomic E-state index is 2.52. The summed E-state index contributed by atoms with van der Waals surface area (Å²) in [6, 6.07) is 65.7. The first kappa shape index (κ1) is 28.2. The molecule has 0 saturated heterocycles. The first-order valence-corrected chi connectivity index (χ1v) is 18.7. The minimum absolute atomic E-state index is 1.14. The highest BCUT2D eigenvalue weighted by Crippen LogP contribution is 2.49. The quantitative estimate of drug-likeness (QED) is 0.168. The summed E-state index contributed by atoms with van der Waals surface area (Å²) in [6.45, 7) is 0. The Morgan fingerprint density at radius 2 is 0.846 bits per heavy atom. The molecule has 0 amide bonds. The van der Waals surface area contributed by atoms with E-state index in [4.69, 9.17) is 0 Å². The van der Waals surface area contributed by atoms with Crippen molar-refractivity contribution in [3.63, 3.8) is 0 Å². The molecule has 0 saturated carbocycles. The third-order valence-electron chi connectivity index (χ3n) is 11.3. The van der Waals surface area contributed by atoms with Crippen LogP contribution in [0.25, 0.3) is 95.9 Å². The van der Waals surface area contributed by atoms with Gasteiger partial charge < -0.3 is 4.90 Å². The fourth-order valence-electron chi connectivity index (χ4n) is 9.02. The maximum Gasteiger partial charge on any atom is 0.0540 e. The molecule has 0 unspecified atom stereocenters. The second-order valence-electron chi connectivity index (χ2n) is 14.0. The van der Waals surface area contributed by atoms with Crippen LogP contribution in [0.15, 0.2) is 176 Å². The number of hydrogen-bond acceptors (Lipinski definition) is 2. The third kappa shape index (κ3) is 3.87. The second-order valence-corrected chi connectivity index (χ2v) is 15.1. The van der Waals surface area contributed by atoms with Gasteiger partial charge in [-0.2, -0.15) is 0 Å². The Morgan fingerprint density at radius 1 is 0.346 bits per heavy atom. The minimum atomic E-state index is 1.14. The van der Waals surface area contributed by atoms with Crippen molar-refractivity contribution in [1.29, 1.82) is 0 Å². The molecule has 0 aliphatic heterocycles. The molecule has 2 heteroatoms. The van der Waals surface area contributed by atoms with Crippen LogP contribution in [0.5, 0.6) is 0 Å². The summed E-state index contributed by atoms with van der Waals surface area (Å²) >= 11 is 1.89. The van der Waals surface area contributed by atoms with E-state index in [1.54, 1.807) is 0 Å². The number of nitrogens with zero attached hydrogens (tertiary/aromatic N) is 1. The van der Waals surface area contributed by atoms with Gasteiger partial charge in [-0.3, -0.25) is 0 Å². The van der Waals surface area contributed by atoms with Crippen LogP contribution >= 0.6 is 11.3 Å². The number of thiophene rings is 1. The molecule has 0 spiro atoms. The SMILES string of the molecule is c1cc(-c2cccc3c2sc2ccccc23)cc(N(c2ccc3ccc4cccc5ccc2c3c45)c2ccc3ccc4cccc5ccc2c3c45)c1. The van der Waals surface area contributed by atoms with Gasteiger partial charge in [0.15, 0.2) is 0 Å². The van der Waals surface area contributed by atoms with Gasteiger partial charge in [0.1, 0.15) is 0 Å². The van der Waals surface area contributed by atoms with Crippen molar-refractivity contribution in [3.8, 4) is 11.1 Å². The third-order valence-corrected chi connectivity index (χ3v) is 12.5. The molecular weight excluding hydrogens is 647 g/mol. The second kappa shape index (κ2) is 10.5. The van der Waals surface area contributed by atoms with Crippen LogP contribution in [0.3, 0.4) is 0 Å². The van der Waals surface area contributed by atoms with Crippen molar-refractivity contribution in [2.75, 3.05) is 4.90 Å². The molecule has 0 bridgehead atoms. The molecule has 0 radical (unpaired) electrons. The molecule has 0 aliphatic rings.